The van der Waals surface area contributed by atoms with Crippen LogP contribution in [0.1, 0.15) is 87.3 Å². The van der Waals surface area contributed by atoms with Gasteiger partial charge in [-0.2, -0.15) is 0 Å². The summed E-state index contributed by atoms with van der Waals surface area (Å²) < 4.78 is 0. The van der Waals surface area contributed by atoms with Crippen molar-refractivity contribution in [2.45, 2.75) is 78.2 Å². The first-order valence-corrected chi connectivity index (χ1v) is 9.42. The highest BCUT2D eigenvalue weighted by Crippen LogP contribution is 2.31. The van der Waals surface area contributed by atoms with Crippen LogP contribution in [0.25, 0.3) is 0 Å². The van der Waals surface area contributed by atoms with Gasteiger partial charge in [-0.15, -0.1) is 11.3 Å². The maximum absolute atomic E-state index is 10.3. The molecule has 0 saturated heterocycles. The summed E-state index contributed by atoms with van der Waals surface area (Å²) in [6, 6.07) is 0. The van der Waals surface area contributed by atoms with E-state index in [2.05, 4.69) is 38.4 Å². The number of hydrogen-bond donors (Lipinski definition) is 2. The number of aliphatic hydroxyl groups is 1. The highest BCUT2D eigenvalue weighted by atomic mass is 32.1. The van der Waals surface area contributed by atoms with Gasteiger partial charge in [0.25, 0.3) is 0 Å². The molecule has 122 valence electrons. The predicted octanol–water partition coefficient (Wildman–Crippen LogP) is 5.16. The fraction of sp³-hybridized carbons (Fsp3) is 0.778. The van der Waals surface area contributed by atoms with E-state index in [-0.39, 0.29) is 6.10 Å². The maximum atomic E-state index is 10.3. The Hall–Kier alpha value is -0.380. The standard InChI is InChI=1S/C18H33NOS/c1-5-6-7-8-9-10-11-19-12-17(20)18-15(4)16(13-21-18)14(2)3/h13-14,17,19-20H,5-12H2,1-4H3. The van der Waals surface area contributed by atoms with Gasteiger partial charge in [0.1, 0.15) is 6.10 Å². The molecule has 2 nitrogen and oxygen atoms in total. The summed E-state index contributed by atoms with van der Waals surface area (Å²) in [5.74, 6) is 0.540. The van der Waals surface area contributed by atoms with Crippen LogP contribution >= 0.6 is 11.3 Å². The van der Waals surface area contributed by atoms with E-state index in [1.165, 1.54) is 49.7 Å². The van der Waals surface area contributed by atoms with Crippen molar-refractivity contribution in [3.63, 3.8) is 0 Å². The molecular formula is C18H33NOS. The molecule has 0 aliphatic rings. The van der Waals surface area contributed by atoms with E-state index in [0.29, 0.717) is 12.5 Å². The Balaban J connectivity index is 2.20. The van der Waals surface area contributed by atoms with Gasteiger partial charge in [-0.25, -0.2) is 0 Å². The smallest absolute Gasteiger partial charge is 0.101 e. The predicted molar refractivity (Wildman–Crippen MR) is 94.4 cm³/mol. The molecule has 0 amide bonds. The summed E-state index contributed by atoms with van der Waals surface area (Å²) in [7, 11) is 0. The van der Waals surface area contributed by atoms with Crippen molar-refractivity contribution in [1.82, 2.24) is 5.32 Å². The summed E-state index contributed by atoms with van der Waals surface area (Å²) in [5, 5.41) is 15.9. The molecule has 0 aliphatic carbocycles. The van der Waals surface area contributed by atoms with Gasteiger partial charge in [0.15, 0.2) is 0 Å². The third-order valence-electron chi connectivity index (χ3n) is 4.08. The van der Waals surface area contributed by atoms with Gasteiger partial charge in [0, 0.05) is 11.4 Å². The van der Waals surface area contributed by atoms with Crippen molar-refractivity contribution < 1.29 is 5.11 Å². The molecule has 1 heterocycles. The van der Waals surface area contributed by atoms with Crippen LogP contribution < -0.4 is 5.32 Å². The molecule has 1 aromatic heterocycles. The van der Waals surface area contributed by atoms with Gasteiger partial charge in [0.05, 0.1) is 0 Å². The minimum atomic E-state index is -0.359. The second kappa shape index (κ2) is 10.4. The van der Waals surface area contributed by atoms with Gasteiger partial charge in [-0.3, -0.25) is 0 Å². The lowest BCUT2D eigenvalue weighted by molar-refractivity contribution is 0.177. The number of aliphatic hydroxyl groups excluding tert-OH is 1. The van der Waals surface area contributed by atoms with E-state index in [1.807, 2.05) is 0 Å². The van der Waals surface area contributed by atoms with Crippen LogP contribution in [0.5, 0.6) is 0 Å². The minimum absolute atomic E-state index is 0.359. The molecular weight excluding hydrogens is 278 g/mol. The Morgan fingerprint density at radius 2 is 1.81 bits per heavy atom. The molecule has 1 rings (SSSR count). The zero-order valence-electron chi connectivity index (χ0n) is 14.2. The van der Waals surface area contributed by atoms with E-state index in [0.717, 1.165) is 11.4 Å². The first-order chi connectivity index (χ1) is 10.1. The molecule has 0 bridgehead atoms. The fourth-order valence-electron chi connectivity index (χ4n) is 2.71. The van der Waals surface area contributed by atoms with Crippen molar-refractivity contribution in [3.8, 4) is 0 Å². The molecule has 0 radical (unpaired) electrons. The molecule has 2 N–H and O–H groups in total. The normalized spacial score (nSPS) is 13.0. The van der Waals surface area contributed by atoms with E-state index in [4.69, 9.17) is 0 Å². The third kappa shape index (κ3) is 6.50. The average Bonchev–Trinajstić information content (AvgIpc) is 2.83. The average molecular weight is 312 g/mol. The van der Waals surface area contributed by atoms with Gasteiger partial charge in [-0.1, -0.05) is 52.9 Å². The van der Waals surface area contributed by atoms with E-state index >= 15 is 0 Å². The van der Waals surface area contributed by atoms with Crippen molar-refractivity contribution in [2.75, 3.05) is 13.1 Å². The van der Waals surface area contributed by atoms with Gasteiger partial charge < -0.3 is 10.4 Å². The number of thiophene rings is 1. The van der Waals surface area contributed by atoms with Crippen LogP contribution in [0.15, 0.2) is 5.38 Å². The maximum Gasteiger partial charge on any atom is 0.101 e. The largest absolute Gasteiger partial charge is 0.386 e. The van der Waals surface area contributed by atoms with E-state index < -0.39 is 0 Å². The number of rotatable bonds is 11. The zero-order chi connectivity index (χ0) is 15.7. The summed E-state index contributed by atoms with van der Waals surface area (Å²) >= 11 is 1.70. The summed E-state index contributed by atoms with van der Waals surface area (Å²) in [6.45, 7) is 10.5. The van der Waals surface area contributed by atoms with Crippen LogP contribution in [-0.4, -0.2) is 18.2 Å². The number of hydrogen-bond acceptors (Lipinski definition) is 3. The lowest BCUT2D eigenvalue weighted by Gasteiger charge is -2.12. The summed E-state index contributed by atoms with van der Waals surface area (Å²) in [5.41, 5.74) is 2.66. The van der Waals surface area contributed by atoms with E-state index in [9.17, 15) is 5.11 Å². The molecule has 1 aromatic rings. The molecule has 1 unspecified atom stereocenters. The molecule has 0 spiro atoms. The molecule has 21 heavy (non-hydrogen) atoms. The first-order valence-electron chi connectivity index (χ1n) is 8.54. The molecule has 0 saturated carbocycles. The summed E-state index contributed by atoms with van der Waals surface area (Å²) in [6.07, 6.45) is 7.55. The van der Waals surface area contributed by atoms with Crippen molar-refractivity contribution >= 4 is 11.3 Å². The number of nitrogens with one attached hydrogen (secondary N) is 1. The highest BCUT2D eigenvalue weighted by Gasteiger charge is 2.16. The van der Waals surface area contributed by atoms with Crippen LogP contribution in [0, 0.1) is 6.92 Å². The van der Waals surface area contributed by atoms with Crippen LogP contribution in [0.4, 0.5) is 0 Å². The number of unbranched alkanes of at least 4 members (excludes halogenated alkanes) is 5. The topological polar surface area (TPSA) is 32.3 Å². The Morgan fingerprint density at radius 3 is 2.43 bits per heavy atom. The molecule has 0 aromatic carbocycles. The van der Waals surface area contributed by atoms with Gasteiger partial charge in [0.2, 0.25) is 0 Å². The third-order valence-corrected chi connectivity index (χ3v) is 5.29. The van der Waals surface area contributed by atoms with Crippen molar-refractivity contribution in [1.29, 1.82) is 0 Å². The SMILES string of the molecule is CCCCCCCCNCC(O)c1scc(C(C)C)c1C. The monoisotopic (exact) mass is 311 g/mol. The lowest BCUT2D eigenvalue weighted by Crippen LogP contribution is -2.22. The van der Waals surface area contributed by atoms with Crippen LogP contribution in [0.3, 0.4) is 0 Å². The lowest BCUT2D eigenvalue weighted by atomic mass is 10.0. The molecule has 3 heteroatoms. The van der Waals surface area contributed by atoms with Gasteiger partial charge in [-0.05, 0) is 42.3 Å². The van der Waals surface area contributed by atoms with Crippen LogP contribution in [-0.2, 0) is 0 Å². The van der Waals surface area contributed by atoms with Gasteiger partial charge >= 0.3 is 0 Å². The fourth-order valence-corrected chi connectivity index (χ4v) is 3.94. The van der Waals surface area contributed by atoms with Crippen molar-refractivity contribution in [2.24, 2.45) is 0 Å². The van der Waals surface area contributed by atoms with Crippen LogP contribution in [0.2, 0.25) is 0 Å². The molecule has 1 atom stereocenters. The van der Waals surface area contributed by atoms with Crippen molar-refractivity contribution in [3.05, 3.63) is 21.4 Å². The quantitative estimate of drug-likeness (QED) is 0.553. The minimum Gasteiger partial charge on any atom is -0.386 e. The molecule has 0 fully saturated rings. The highest BCUT2D eigenvalue weighted by molar-refractivity contribution is 7.10. The molecule has 0 aliphatic heterocycles. The second-order valence-corrected chi connectivity index (χ2v) is 7.23. The first kappa shape index (κ1) is 18.7. The Morgan fingerprint density at radius 1 is 1.14 bits per heavy atom. The second-order valence-electron chi connectivity index (χ2n) is 6.32. The summed E-state index contributed by atoms with van der Waals surface area (Å²) in [4.78, 5) is 1.13. The zero-order valence-corrected chi connectivity index (χ0v) is 15.1. The van der Waals surface area contributed by atoms with E-state index in [1.54, 1.807) is 11.3 Å². The Labute approximate surface area is 135 Å². The Bertz CT molecular complexity index is 387. The Kier molecular flexibility index (Phi) is 9.21.